The van der Waals surface area contributed by atoms with Crippen LogP contribution in [0.1, 0.15) is 52.4 Å². The van der Waals surface area contributed by atoms with Gasteiger partial charge in [0.15, 0.2) is 0 Å². The van der Waals surface area contributed by atoms with E-state index < -0.39 is 0 Å². The zero-order valence-electron chi connectivity index (χ0n) is 9.52. The molecule has 0 heterocycles. The zero-order chi connectivity index (χ0) is 10.4. The van der Waals surface area contributed by atoms with Gasteiger partial charge in [-0.25, -0.2) is 0 Å². The van der Waals surface area contributed by atoms with Crippen molar-refractivity contribution in [3.8, 4) is 0 Å². The normalized spacial score (nSPS) is 33.2. The Hall–Kier alpha value is 0.690. The van der Waals surface area contributed by atoms with E-state index in [-0.39, 0.29) is 5.60 Å². The molecule has 0 aliphatic heterocycles. The molecule has 0 spiro atoms. The summed E-state index contributed by atoms with van der Waals surface area (Å²) in [7, 11) is 0. The Morgan fingerprint density at radius 1 is 1.36 bits per heavy atom. The van der Waals surface area contributed by atoms with E-state index in [0.717, 1.165) is 12.5 Å². The molecule has 0 atom stereocenters. The van der Waals surface area contributed by atoms with Gasteiger partial charge >= 0.3 is 0 Å². The van der Waals surface area contributed by atoms with Crippen LogP contribution in [0.2, 0.25) is 0 Å². The third-order valence-electron chi connectivity index (χ3n) is 3.34. The average Bonchev–Trinajstić information content (AvgIpc) is 2.22. The Bertz CT molecular complexity index is 150. The summed E-state index contributed by atoms with van der Waals surface area (Å²) in [6.07, 6.45) is 7.73. The minimum Gasteiger partial charge on any atom is -0.374 e. The van der Waals surface area contributed by atoms with E-state index in [1.807, 2.05) is 0 Å². The van der Waals surface area contributed by atoms with E-state index in [1.165, 1.54) is 43.0 Å². The Labute approximate surface area is 102 Å². The highest BCUT2D eigenvalue weighted by Gasteiger charge is 2.33. The predicted octanol–water partition coefficient (Wildman–Crippen LogP) is 4.19. The molecule has 0 radical (unpaired) electrons. The summed E-state index contributed by atoms with van der Waals surface area (Å²) < 4.78 is 7.27. The van der Waals surface area contributed by atoms with Crippen molar-refractivity contribution in [3.05, 3.63) is 0 Å². The van der Waals surface area contributed by atoms with Crippen molar-refractivity contribution in [2.24, 2.45) is 5.92 Å². The van der Waals surface area contributed by atoms with Gasteiger partial charge in [0.05, 0.1) is 5.60 Å². The third-order valence-corrected chi connectivity index (χ3v) is 4.73. The summed E-state index contributed by atoms with van der Waals surface area (Å²) in [6, 6.07) is 0. The molecule has 0 unspecified atom stereocenters. The number of halogens is 1. The van der Waals surface area contributed by atoms with Crippen LogP contribution in [0.25, 0.3) is 0 Å². The number of ether oxygens (including phenoxy) is 1. The van der Waals surface area contributed by atoms with E-state index in [4.69, 9.17) is 4.74 Å². The molecular formula is C12H23IO. The second-order valence-electron chi connectivity index (χ2n) is 4.70. The lowest BCUT2D eigenvalue weighted by atomic mass is 9.80. The first-order valence-electron chi connectivity index (χ1n) is 5.92. The van der Waals surface area contributed by atoms with Gasteiger partial charge in [0, 0.05) is 11.0 Å². The molecule has 0 aromatic rings. The summed E-state index contributed by atoms with van der Waals surface area (Å²) in [5.74, 6) is 0.917. The Morgan fingerprint density at radius 3 is 2.50 bits per heavy atom. The van der Waals surface area contributed by atoms with Crippen LogP contribution in [0.5, 0.6) is 0 Å². The molecule has 0 N–H and O–H groups in total. The lowest BCUT2D eigenvalue weighted by molar-refractivity contribution is -0.0582. The molecule has 84 valence electrons. The number of hydrogen-bond donors (Lipinski definition) is 0. The van der Waals surface area contributed by atoms with Gasteiger partial charge in [-0.05, 0) is 38.0 Å². The van der Waals surface area contributed by atoms with E-state index in [0.29, 0.717) is 0 Å². The largest absolute Gasteiger partial charge is 0.374 e. The first-order chi connectivity index (χ1) is 6.72. The number of rotatable bonds is 5. The summed E-state index contributed by atoms with van der Waals surface area (Å²) in [5.41, 5.74) is 0.238. The van der Waals surface area contributed by atoms with E-state index >= 15 is 0 Å². The summed E-state index contributed by atoms with van der Waals surface area (Å²) >= 11 is 2.49. The molecule has 14 heavy (non-hydrogen) atoms. The van der Waals surface area contributed by atoms with Crippen LogP contribution >= 0.6 is 22.6 Å². The molecule has 0 aromatic heterocycles. The van der Waals surface area contributed by atoms with Crippen LogP contribution in [0.3, 0.4) is 0 Å². The number of alkyl halides is 1. The van der Waals surface area contributed by atoms with Crippen molar-refractivity contribution in [1.29, 1.82) is 0 Å². The Kier molecular flexibility index (Phi) is 5.75. The topological polar surface area (TPSA) is 9.23 Å². The van der Waals surface area contributed by atoms with E-state index in [9.17, 15) is 0 Å². The fourth-order valence-corrected chi connectivity index (χ4v) is 3.02. The number of unbranched alkanes of at least 4 members (excludes halogenated alkanes) is 1. The molecule has 1 saturated carbocycles. The molecular weight excluding hydrogens is 287 g/mol. The van der Waals surface area contributed by atoms with Crippen molar-refractivity contribution in [2.45, 2.75) is 58.0 Å². The van der Waals surface area contributed by atoms with Crippen LogP contribution in [-0.4, -0.2) is 16.6 Å². The highest BCUT2D eigenvalue weighted by molar-refractivity contribution is 14.1. The summed E-state index contributed by atoms with van der Waals surface area (Å²) in [5, 5.41) is 0. The van der Waals surface area contributed by atoms with Crippen molar-refractivity contribution in [2.75, 3.05) is 11.0 Å². The zero-order valence-corrected chi connectivity index (χ0v) is 11.7. The maximum Gasteiger partial charge on any atom is 0.0771 e. The minimum atomic E-state index is 0.238. The monoisotopic (exact) mass is 310 g/mol. The molecule has 1 aliphatic carbocycles. The summed E-state index contributed by atoms with van der Waals surface area (Å²) in [6.45, 7) is 5.56. The Balaban J connectivity index is 2.34. The SMILES string of the molecule is CCCCOC1(CI)CCC(C)CC1. The first kappa shape index (κ1) is 12.8. The van der Waals surface area contributed by atoms with Gasteiger partial charge in [-0.1, -0.05) is 42.9 Å². The van der Waals surface area contributed by atoms with Gasteiger partial charge in [0.1, 0.15) is 0 Å². The fraction of sp³-hybridized carbons (Fsp3) is 1.00. The first-order valence-corrected chi connectivity index (χ1v) is 7.45. The van der Waals surface area contributed by atoms with Crippen LogP contribution in [-0.2, 0) is 4.74 Å². The van der Waals surface area contributed by atoms with Gasteiger partial charge in [-0.2, -0.15) is 0 Å². The van der Waals surface area contributed by atoms with Crippen LogP contribution in [0.15, 0.2) is 0 Å². The lowest BCUT2D eigenvalue weighted by Gasteiger charge is -2.38. The van der Waals surface area contributed by atoms with Crippen molar-refractivity contribution in [3.63, 3.8) is 0 Å². The van der Waals surface area contributed by atoms with Crippen molar-refractivity contribution < 1.29 is 4.74 Å². The van der Waals surface area contributed by atoms with Gasteiger partial charge < -0.3 is 4.74 Å². The van der Waals surface area contributed by atoms with Crippen molar-refractivity contribution in [1.82, 2.24) is 0 Å². The average molecular weight is 310 g/mol. The quantitative estimate of drug-likeness (QED) is 0.420. The smallest absolute Gasteiger partial charge is 0.0771 e. The molecule has 0 bridgehead atoms. The van der Waals surface area contributed by atoms with Crippen molar-refractivity contribution >= 4 is 22.6 Å². The second kappa shape index (κ2) is 6.31. The minimum absolute atomic E-state index is 0.238. The molecule has 1 fully saturated rings. The van der Waals surface area contributed by atoms with Crippen LogP contribution in [0.4, 0.5) is 0 Å². The van der Waals surface area contributed by atoms with Gasteiger partial charge in [0.2, 0.25) is 0 Å². The molecule has 0 amide bonds. The van der Waals surface area contributed by atoms with E-state index in [1.54, 1.807) is 0 Å². The fourth-order valence-electron chi connectivity index (χ4n) is 2.04. The highest BCUT2D eigenvalue weighted by Crippen LogP contribution is 2.36. The second-order valence-corrected chi connectivity index (χ2v) is 5.46. The molecule has 1 aliphatic rings. The molecule has 2 heteroatoms. The van der Waals surface area contributed by atoms with Gasteiger partial charge in [-0.15, -0.1) is 0 Å². The maximum atomic E-state index is 6.10. The standard InChI is InChI=1S/C12H23IO/c1-3-4-9-14-12(10-13)7-5-11(2)6-8-12/h11H,3-10H2,1-2H3. The van der Waals surface area contributed by atoms with Gasteiger partial charge in [-0.3, -0.25) is 0 Å². The molecule has 1 rings (SSSR count). The summed E-state index contributed by atoms with van der Waals surface area (Å²) in [4.78, 5) is 0. The maximum absolute atomic E-state index is 6.10. The molecule has 0 saturated heterocycles. The predicted molar refractivity (Wildman–Crippen MR) is 70.1 cm³/mol. The van der Waals surface area contributed by atoms with Gasteiger partial charge in [0.25, 0.3) is 0 Å². The van der Waals surface area contributed by atoms with Crippen LogP contribution in [0, 0.1) is 5.92 Å². The molecule has 0 aromatic carbocycles. The highest BCUT2D eigenvalue weighted by atomic mass is 127. The lowest BCUT2D eigenvalue weighted by Crippen LogP contribution is -2.38. The van der Waals surface area contributed by atoms with Crippen LogP contribution < -0.4 is 0 Å². The molecule has 1 nitrogen and oxygen atoms in total. The third kappa shape index (κ3) is 3.69. The number of hydrogen-bond acceptors (Lipinski definition) is 1. The Morgan fingerprint density at radius 2 is 2.00 bits per heavy atom. The van der Waals surface area contributed by atoms with E-state index in [2.05, 4.69) is 36.4 Å².